The smallest absolute Gasteiger partial charge is 0.178 e. The molecule has 1 aromatic heterocycles. The van der Waals surface area contributed by atoms with E-state index in [0.29, 0.717) is 12.6 Å². The van der Waals surface area contributed by atoms with Crippen LogP contribution in [0.5, 0.6) is 0 Å². The van der Waals surface area contributed by atoms with Gasteiger partial charge in [0.15, 0.2) is 5.78 Å². The van der Waals surface area contributed by atoms with Gasteiger partial charge < -0.3 is 4.57 Å². The minimum absolute atomic E-state index is 0.275. The molecule has 2 heterocycles. The van der Waals surface area contributed by atoms with E-state index < -0.39 is 0 Å². The summed E-state index contributed by atoms with van der Waals surface area (Å²) in [6.45, 7) is 7.96. The van der Waals surface area contributed by atoms with E-state index in [1.165, 1.54) is 12.8 Å². The first-order valence-corrected chi connectivity index (χ1v) is 6.94. The molecule has 1 atom stereocenters. The number of hydrogen-bond donors (Lipinski definition) is 0. The van der Waals surface area contributed by atoms with E-state index in [1.54, 1.807) is 0 Å². The van der Waals surface area contributed by atoms with Crippen molar-refractivity contribution < 1.29 is 4.79 Å². The molecule has 0 bridgehead atoms. The minimum Gasteiger partial charge on any atom is -0.351 e. The Morgan fingerprint density at radius 1 is 1.44 bits per heavy atom. The summed E-state index contributed by atoms with van der Waals surface area (Å²) in [7, 11) is 2.02. The van der Waals surface area contributed by atoms with Gasteiger partial charge in [0.2, 0.25) is 0 Å². The predicted octanol–water partition coefficient (Wildman–Crippen LogP) is 2.70. The Morgan fingerprint density at radius 3 is 2.72 bits per heavy atom. The zero-order valence-electron chi connectivity index (χ0n) is 12.0. The van der Waals surface area contributed by atoms with Crippen LogP contribution in [-0.2, 0) is 7.05 Å². The van der Waals surface area contributed by atoms with Crippen molar-refractivity contribution in [3.05, 3.63) is 23.0 Å². The molecule has 1 aliphatic heterocycles. The third-order valence-electron chi connectivity index (χ3n) is 4.39. The molecular formula is C15H24N2O. The molecule has 18 heavy (non-hydrogen) atoms. The summed E-state index contributed by atoms with van der Waals surface area (Å²) in [5.41, 5.74) is 3.14. The SMILES string of the molecule is CCC1CCCN1CC(=O)c1cc(C)n(C)c1C. The van der Waals surface area contributed by atoms with Gasteiger partial charge in [0, 0.05) is 30.0 Å². The molecule has 1 aliphatic rings. The Bertz CT molecular complexity index is 448. The van der Waals surface area contributed by atoms with Gasteiger partial charge in [-0.3, -0.25) is 9.69 Å². The van der Waals surface area contributed by atoms with Crippen LogP contribution in [-0.4, -0.2) is 34.4 Å². The number of rotatable bonds is 4. The average Bonchev–Trinajstić information content (AvgIpc) is 2.89. The second-order valence-electron chi connectivity index (χ2n) is 5.44. The fourth-order valence-corrected chi connectivity index (χ4v) is 2.97. The van der Waals surface area contributed by atoms with Gasteiger partial charge in [0.05, 0.1) is 6.54 Å². The van der Waals surface area contributed by atoms with E-state index in [2.05, 4.69) is 23.3 Å². The summed E-state index contributed by atoms with van der Waals surface area (Å²) in [5.74, 6) is 0.275. The highest BCUT2D eigenvalue weighted by Crippen LogP contribution is 2.21. The summed E-state index contributed by atoms with van der Waals surface area (Å²) in [6, 6.07) is 2.63. The van der Waals surface area contributed by atoms with Crippen LogP contribution >= 0.6 is 0 Å². The van der Waals surface area contributed by atoms with E-state index in [4.69, 9.17) is 0 Å². The second kappa shape index (κ2) is 5.27. The summed E-state index contributed by atoms with van der Waals surface area (Å²) < 4.78 is 2.09. The first-order valence-electron chi connectivity index (χ1n) is 6.94. The molecule has 3 nitrogen and oxygen atoms in total. The fraction of sp³-hybridized carbons (Fsp3) is 0.667. The number of likely N-dealkylation sites (tertiary alicyclic amines) is 1. The van der Waals surface area contributed by atoms with Gasteiger partial charge in [-0.05, 0) is 45.7 Å². The molecule has 0 saturated carbocycles. The van der Waals surface area contributed by atoms with Crippen molar-refractivity contribution in [3.8, 4) is 0 Å². The topological polar surface area (TPSA) is 25.2 Å². The maximum atomic E-state index is 12.4. The Hall–Kier alpha value is -1.09. The molecule has 2 rings (SSSR count). The van der Waals surface area contributed by atoms with E-state index in [0.717, 1.165) is 29.9 Å². The van der Waals surface area contributed by atoms with Crippen LogP contribution in [0.2, 0.25) is 0 Å². The van der Waals surface area contributed by atoms with Gasteiger partial charge in [0.1, 0.15) is 0 Å². The van der Waals surface area contributed by atoms with Gasteiger partial charge in [-0.1, -0.05) is 6.92 Å². The van der Waals surface area contributed by atoms with E-state index in [-0.39, 0.29) is 5.78 Å². The Balaban J connectivity index is 2.10. The van der Waals surface area contributed by atoms with Crippen LogP contribution < -0.4 is 0 Å². The number of aryl methyl sites for hydroxylation is 1. The second-order valence-corrected chi connectivity index (χ2v) is 5.44. The first kappa shape index (κ1) is 13.3. The first-order chi connectivity index (χ1) is 8.54. The quantitative estimate of drug-likeness (QED) is 0.765. The van der Waals surface area contributed by atoms with Gasteiger partial charge in [-0.2, -0.15) is 0 Å². The lowest BCUT2D eigenvalue weighted by atomic mass is 10.1. The Kier molecular flexibility index (Phi) is 3.91. The molecule has 1 aromatic rings. The number of hydrogen-bond acceptors (Lipinski definition) is 2. The van der Waals surface area contributed by atoms with E-state index in [9.17, 15) is 4.79 Å². The largest absolute Gasteiger partial charge is 0.351 e. The lowest BCUT2D eigenvalue weighted by molar-refractivity contribution is 0.0919. The number of Topliss-reactive ketones (excluding diaryl/α,β-unsaturated/α-hetero) is 1. The van der Waals surface area contributed by atoms with Gasteiger partial charge in [0.25, 0.3) is 0 Å². The van der Waals surface area contributed by atoms with Crippen molar-refractivity contribution >= 4 is 5.78 Å². The van der Waals surface area contributed by atoms with Gasteiger partial charge >= 0.3 is 0 Å². The van der Waals surface area contributed by atoms with Crippen LogP contribution in [0.3, 0.4) is 0 Å². The number of carbonyl (C=O) groups excluding carboxylic acids is 1. The molecule has 0 radical (unpaired) electrons. The van der Waals surface area contributed by atoms with Crippen molar-refractivity contribution in [1.29, 1.82) is 0 Å². The molecule has 1 unspecified atom stereocenters. The predicted molar refractivity (Wildman–Crippen MR) is 74.1 cm³/mol. The van der Waals surface area contributed by atoms with Crippen LogP contribution in [0.15, 0.2) is 6.07 Å². The molecule has 0 spiro atoms. The van der Waals surface area contributed by atoms with Crippen molar-refractivity contribution in [2.24, 2.45) is 7.05 Å². The summed E-state index contributed by atoms with van der Waals surface area (Å²) in [4.78, 5) is 14.7. The summed E-state index contributed by atoms with van der Waals surface area (Å²) in [6.07, 6.45) is 3.63. The normalized spacial score (nSPS) is 20.6. The highest BCUT2D eigenvalue weighted by Gasteiger charge is 2.26. The number of ketones is 1. The molecular weight excluding hydrogens is 224 g/mol. The minimum atomic E-state index is 0.275. The number of carbonyl (C=O) groups is 1. The standard InChI is InChI=1S/C15H24N2O/c1-5-13-7-6-8-17(13)10-15(18)14-9-11(2)16(4)12(14)3/h9,13H,5-8,10H2,1-4H3. The monoisotopic (exact) mass is 248 g/mol. The summed E-state index contributed by atoms with van der Waals surface area (Å²) >= 11 is 0. The van der Waals surface area contributed by atoms with E-state index in [1.807, 2.05) is 20.0 Å². The summed E-state index contributed by atoms with van der Waals surface area (Å²) in [5, 5.41) is 0. The van der Waals surface area contributed by atoms with Crippen LogP contribution in [0.25, 0.3) is 0 Å². The molecule has 1 saturated heterocycles. The highest BCUT2D eigenvalue weighted by molar-refractivity contribution is 5.99. The number of nitrogens with zero attached hydrogens (tertiary/aromatic N) is 2. The maximum Gasteiger partial charge on any atom is 0.178 e. The lowest BCUT2D eigenvalue weighted by Gasteiger charge is -2.22. The molecule has 0 amide bonds. The van der Waals surface area contributed by atoms with Crippen molar-refractivity contribution in [2.75, 3.05) is 13.1 Å². The van der Waals surface area contributed by atoms with Crippen LogP contribution in [0, 0.1) is 13.8 Å². The number of aromatic nitrogens is 1. The van der Waals surface area contributed by atoms with Gasteiger partial charge in [-0.25, -0.2) is 0 Å². The highest BCUT2D eigenvalue weighted by atomic mass is 16.1. The molecule has 0 N–H and O–H groups in total. The van der Waals surface area contributed by atoms with Crippen molar-refractivity contribution in [1.82, 2.24) is 9.47 Å². The third kappa shape index (κ3) is 2.37. The zero-order chi connectivity index (χ0) is 13.3. The maximum absolute atomic E-state index is 12.4. The van der Waals surface area contributed by atoms with E-state index >= 15 is 0 Å². The Morgan fingerprint density at radius 2 is 2.17 bits per heavy atom. The molecule has 0 aromatic carbocycles. The molecule has 3 heteroatoms. The third-order valence-corrected chi connectivity index (χ3v) is 4.39. The lowest BCUT2D eigenvalue weighted by Crippen LogP contribution is -2.34. The Labute approximate surface area is 110 Å². The average molecular weight is 248 g/mol. The molecule has 1 fully saturated rings. The van der Waals surface area contributed by atoms with Gasteiger partial charge in [-0.15, -0.1) is 0 Å². The van der Waals surface area contributed by atoms with Crippen LogP contribution in [0.4, 0.5) is 0 Å². The van der Waals surface area contributed by atoms with Crippen molar-refractivity contribution in [2.45, 2.75) is 46.1 Å². The zero-order valence-corrected chi connectivity index (χ0v) is 12.0. The van der Waals surface area contributed by atoms with Crippen molar-refractivity contribution in [3.63, 3.8) is 0 Å². The molecule has 100 valence electrons. The van der Waals surface area contributed by atoms with Crippen LogP contribution in [0.1, 0.15) is 47.9 Å². The fourth-order valence-electron chi connectivity index (χ4n) is 2.97. The molecule has 0 aliphatic carbocycles.